The van der Waals surface area contributed by atoms with Gasteiger partial charge in [0.25, 0.3) is 0 Å². The van der Waals surface area contributed by atoms with Gasteiger partial charge in [-0.1, -0.05) is 28.1 Å². The Labute approximate surface area is 98.6 Å². The Morgan fingerprint density at radius 1 is 1.40 bits per heavy atom. The first-order valence-electron chi connectivity index (χ1n) is 5.28. The van der Waals surface area contributed by atoms with Gasteiger partial charge in [0.2, 0.25) is 0 Å². The van der Waals surface area contributed by atoms with Crippen molar-refractivity contribution >= 4 is 15.9 Å². The van der Waals surface area contributed by atoms with E-state index in [4.69, 9.17) is 5.73 Å². The largest absolute Gasteiger partial charge is 0.394 e. The van der Waals surface area contributed by atoms with Crippen molar-refractivity contribution in [2.75, 3.05) is 6.61 Å². The first kappa shape index (κ1) is 11.1. The zero-order valence-corrected chi connectivity index (χ0v) is 10.2. The van der Waals surface area contributed by atoms with Gasteiger partial charge in [-0.05, 0) is 42.9 Å². The maximum atomic E-state index is 9.20. The molecule has 3 heteroatoms. The van der Waals surface area contributed by atoms with E-state index in [0.717, 1.165) is 23.7 Å². The molecule has 1 saturated carbocycles. The third kappa shape index (κ3) is 2.41. The summed E-state index contributed by atoms with van der Waals surface area (Å²) in [5, 5.41) is 9.20. The summed E-state index contributed by atoms with van der Waals surface area (Å²) in [5.74, 6) is 0.509. The molecule has 82 valence electrons. The highest BCUT2D eigenvalue weighted by molar-refractivity contribution is 9.10. The van der Waals surface area contributed by atoms with Crippen molar-refractivity contribution in [3.05, 3.63) is 34.3 Å². The minimum Gasteiger partial charge on any atom is -0.394 e. The molecule has 0 heterocycles. The van der Waals surface area contributed by atoms with Gasteiger partial charge in [0.15, 0.2) is 0 Å². The average molecular weight is 270 g/mol. The SMILES string of the molecule is NC1(CO)CCC(c2ccc(Br)cc2)C1. The summed E-state index contributed by atoms with van der Waals surface area (Å²) in [6, 6.07) is 8.39. The van der Waals surface area contributed by atoms with Crippen LogP contribution in [-0.2, 0) is 0 Å². The number of rotatable bonds is 2. The van der Waals surface area contributed by atoms with E-state index in [1.54, 1.807) is 0 Å². The Morgan fingerprint density at radius 3 is 2.60 bits per heavy atom. The monoisotopic (exact) mass is 269 g/mol. The molecular formula is C12H16BrNO. The average Bonchev–Trinajstić information content (AvgIpc) is 2.63. The predicted octanol–water partition coefficient (Wildman–Crippen LogP) is 2.41. The Balaban J connectivity index is 2.11. The molecule has 0 radical (unpaired) electrons. The molecule has 15 heavy (non-hydrogen) atoms. The Morgan fingerprint density at radius 2 is 2.07 bits per heavy atom. The van der Waals surface area contributed by atoms with Crippen LogP contribution in [0, 0.1) is 0 Å². The molecule has 0 bridgehead atoms. The number of aliphatic hydroxyl groups excluding tert-OH is 1. The highest BCUT2D eigenvalue weighted by atomic mass is 79.9. The molecular weight excluding hydrogens is 254 g/mol. The molecule has 1 aromatic rings. The van der Waals surface area contributed by atoms with Gasteiger partial charge in [-0.2, -0.15) is 0 Å². The zero-order chi connectivity index (χ0) is 10.9. The number of benzene rings is 1. The van der Waals surface area contributed by atoms with Gasteiger partial charge in [-0.15, -0.1) is 0 Å². The molecule has 0 aliphatic heterocycles. The van der Waals surface area contributed by atoms with Gasteiger partial charge in [-0.3, -0.25) is 0 Å². The van der Waals surface area contributed by atoms with Crippen molar-refractivity contribution < 1.29 is 5.11 Å². The Hall–Kier alpha value is -0.380. The van der Waals surface area contributed by atoms with E-state index >= 15 is 0 Å². The van der Waals surface area contributed by atoms with Crippen molar-refractivity contribution in [3.8, 4) is 0 Å². The summed E-state index contributed by atoms with van der Waals surface area (Å²) in [7, 11) is 0. The fourth-order valence-electron chi connectivity index (χ4n) is 2.32. The molecule has 0 saturated heterocycles. The molecule has 0 aromatic heterocycles. The lowest BCUT2D eigenvalue weighted by atomic mass is 9.94. The molecule has 1 aliphatic rings. The Bertz CT molecular complexity index is 338. The normalized spacial score (nSPS) is 30.7. The van der Waals surface area contributed by atoms with E-state index in [0.29, 0.717) is 5.92 Å². The van der Waals surface area contributed by atoms with E-state index in [2.05, 4.69) is 40.2 Å². The van der Waals surface area contributed by atoms with Crippen LogP contribution in [0.1, 0.15) is 30.7 Å². The number of halogens is 1. The number of hydrogen-bond acceptors (Lipinski definition) is 2. The summed E-state index contributed by atoms with van der Waals surface area (Å²) >= 11 is 3.43. The maximum absolute atomic E-state index is 9.20. The van der Waals surface area contributed by atoms with Crippen LogP contribution in [0.15, 0.2) is 28.7 Å². The van der Waals surface area contributed by atoms with Gasteiger partial charge in [0.05, 0.1) is 6.61 Å². The first-order chi connectivity index (χ1) is 7.13. The van der Waals surface area contributed by atoms with Crippen molar-refractivity contribution in [1.82, 2.24) is 0 Å². The summed E-state index contributed by atoms with van der Waals surface area (Å²) in [4.78, 5) is 0. The summed E-state index contributed by atoms with van der Waals surface area (Å²) in [6.45, 7) is 0.0973. The topological polar surface area (TPSA) is 46.2 Å². The summed E-state index contributed by atoms with van der Waals surface area (Å²) in [5.41, 5.74) is 7.04. The Kier molecular flexibility index (Phi) is 3.14. The maximum Gasteiger partial charge on any atom is 0.0611 e. The van der Waals surface area contributed by atoms with E-state index in [1.807, 2.05) is 0 Å². The summed E-state index contributed by atoms with van der Waals surface area (Å²) < 4.78 is 1.10. The van der Waals surface area contributed by atoms with Crippen molar-refractivity contribution in [2.45, 2.75) is 30.7 Å². The predicted molar refractivity (Wildman–Crippen MR) is 64.7 cm³/mol. The van der Waals surface area contributed by atoms with Crippen molar-refractivity contribution in [1.29, 1.82) is 0 Å². The van der Waals surface area contributed by atoms with Crippen LogP contribution in [-0.4, -0.2) is 17.3 Å². The quantitative estimate of drug-likeness (QED) is 0.866. The van der Waals surface area contributed by atoms with E-state index < -0.39 is 0 Å². The second-order valence-electron chi connectivity index (χ2n) is 4.51. The van der Waals surface area contributed by atoms with Crippen LogP contribution in [0.2, 0.25) is 0 Å². The minimum absolute atomic E-state index is 0.0973. The van der Waals surface area contributed by atoms with Crippen LogP contribution < -0.4 is 5.73 Å². The molecule has 1 aliphatic carbocycles. The first-order valence-corrected chi connectivity index (χ1v) is 6.07. The number of hydrogen-bond donors (Lipinski definition) is 2. The van der Waals surface area contributed by atoms with Gasteiger partial charge in [0.1, 0.15) is 0 Å². The third-order valence-corrected chi connectivity index (χ3v) is 3.83. The van der Waals surface area contributed by atoms with Crippen LogP contribution >= 0.6 is 15.9 Å². The van der Waals surface area contributed by atoms with Crippen LogP contribution in [0.5, 0.6) is 0 Å². The van der Waals surface area contributed by atoms with Crippen molar-refractivity contribution in [2.24, 2.45) is 5.73 Å². The van der Waals surface area contributed by atoms with Crippen LogP contribution in [0.4, 0.5) is 0 Å². The van der Waals surface area contributed by atoms with Gasteiger partial charge in [-0.25, -0.2) is 0 Å². The van der Waals surface area contributed by atoms with E-state index in [-0.39, 0.29) is 12.1 Å². The molecule has 2 atom stereocenters. The highest BCUT2D eigenvalue weighted by Crippen LogP contribution is 2.39. The molecule has 1 aromatic carbocycles. The number of nitrogens with two attached hydrogens (primary N) is 1. The lowest BCUT2D eigenvalue weighted by Gasteiger charge is -2.20. The lowest BCUT2D eigenvalue weighted by Crippen LogP contribution is -2.40. The minimum atomic E-state index is -0.349. The fraction of sp³-hybridized carbons (Fsp3) is 0.500. The van der Waals surface area contributed by atoms with Crippen LogP contribution in [0.25, 0.3) is 0 Å². The standard InChI is InChI=1S/C12H16BrNO/c13-11-3-1-9(2-4-11)10-5-6-12(14,7-10)8-15/h1-4,10,15H,5-8,14H2. The second kappa shape index (κ2) is 4.24. The zero-order valence-electron chi connectivity index (χ0n) is 8.62. The third-order valence-electron chi connectivity index (χ3n) is 3.30. The highest BCUT2D eigenvalue weighted by Gasteiger charge is 2.35. The molecule has 3 N–H and O–H groups in total. The summed E-state index contributed by atoms with van der Waals surface area (Å²) in [6.07, 6.45) is 2.90. The molecule has 0 amide bonds. The molecule has 2 rings (SSSR count). The molecule has 1 fully saturated rings. The number of aliphatic hydroxyl groups is 1. The van der Waals surface area contributed by atoms with Crippen molar-refractivity contribution in [3.63, 3.8) is 0 Å². The van der Waals surface area contributed by atoms with E-state index in [1.165, 1.54) is 5.56 Å². The van der Waals surface area contributed by atoms with Gasteiger partial charge < -0.3 is 10.8 Å². The smallest absolute Gasteiger partial charge is 0.0611 e. The van der Waals surface area contributed by atoms with E-state index in [9.17, 15) is 5.11 Å². The lowest BCUT2D eigenvalue weighted by molar-refractivity contribution is 0.198. The molecule has 0 spiro atoms. The fourth-order valence-corrected chi connectivity index (χ4v) is 2.58. The molecule has 2 unspecified atom stereocenters. The second-order valence-corrected chi connectivity index (χ2v) is 5.43. The molecule has 2 nitrogen and oxygen atoms in total. The van der Waals surface area contributed by atoms with Crippen LogP contribution in [0.3, 0.4) is 0 Å². The van der Waals surface area contributed by atoms with Gasteiger partial charge >= 0.3 is 0 Å². The van der Waals surface area contributed by atoms with Gasteiger partial charge in [0, 0.05) is 10.0 Å².